The van der Waals surface area contributed by atoms with Gasteiger partial charge in [0.25, 0.3) is 5.91 Å². The second-order valence-corrected chi connectivity index (χ2v) is 4.48. The molecule has 0 aliphatic carbocycles. The van der Waals surface area contributed by atoms with Crippen LogP contribution in [0.4, 0.5) is 0 Å². The van der Waals surface area contributed by atoms with Crippen molar-refractivity contribution in [1.29, 1.82) is 0 Å². The van der Waals surface area contributed by atoms with Gasteiger partial charge in [0, 0.05) is 6.54 Å². The van der Waals surface area contributed by atoms with Crippen molar-refractivity contribution in [3.05, 3.63) is 35.9 Å². The van der Waals surface area contributed by atoms with Crippen molar-refractivity contribution in [2.45, 2.75) is 12.0 Å². The van der Waals surface area contributed by atoms with E-state index in [1.54, 1.807) is 24.3 Å². The van der Waals surface area contributed by atoms with E-state index < -0.39 is 18.0 Å². The Morgan fingerprint density at radius 3 is 2.65 bits per heavy atom. The third kappa shape index (κ3) is 3.79. The van der Waals surface area contributed by atoms with Crippen molar-refractivity contribution in [3.8, 4) is 0 Å². The summed E-state index contributed by atoms with van der Waals surface area (Å²) < 4.78 is 10.4. The Morgan fingerprint density at radius 2 is 2.05 bits per heavy atom. The van der Waals surface area contributed by atoms with Gasteiger partial charge in [-0.05, 0) is 5.56 Å². The van der Waals surface area contributed by atoms with E-state index in [2.05, 4.69) is 5.32 Å². The molecule has 1 aliphatic heterocycles. The van der Waals surface area contributed by atoms with E-state index in [1.807, 2.05) is 6.07 Å². The van der Waals surface area contributed by atoms with E-state index in [1.165, 1.54) is 0 Å². The minimum Gasteiger partial charge on any atom is -0.481 e. The minimum atomic E-state index is -0.975. The van der Waals surface area contributed by atoms with Gasteiger partial charge in [0.05, 0.1) is 25.7 Å². The summed E-state index contributed by atoms with van der Waals surface area (Å²) in [6.07, 6.45) is -0.658. The van der Waals surface area contributed by atoms with Crippen LogP contribution in [0.3, 0.4) is 0 Å². The van der Waals surface area contributed by atoms with Crippen LogP contribution in [0.1, 0.15) is 11.5 Å². The smallest absolute Gasteiger partial charge is 0.312 e. The maximum atomic E-state index is 11.8. The average Bonchev–Trinajstić information content (AvgIpc) is 2.49. The van der Waals surface area contributed by atoms with Crippen LogP contribution >= 0.6 is 0 Å². The number of ether oxygens (including phenoxy) is 2. The number of aliphatic carboxylic acids is 1. The van der Waals surface area contributed by atoms with Gasteiger partial charge < -0.3 is 19.9 Å². The van der Waals surface area contributed by atoms with Crippen molar-refractivity contribution in [2.75, 3.05) is 26.4 Å². The van der Waals surface area contributed by atoms with Gasteiger partial charge >= 0.3 is 5.97 Å². The molecule has 1 saturated heterocycles. The number of carboxylic acids is 1. The Labute approximate surface area is 116 Å². The van der Waals surface area contributed by atoms with Crippen molar-refractivity contribution < 1.29 is 24.2 Å². The van der Waals surface area contributed by atoms with Gasteiger partial charge in [0.15, 0.2) is 6.10 Å². The number of hydrogen-bond acceptors (Lipinski definition) is 4. The van der Waals surface area contributed by atoms with E-state index in [0.717, 1.165) is 0 Å². The standard InChI is InChI=1S/C14H17NO5/c16-13(12-9-19-6-7-20-12)15-8-11(14(17)18)10-4-2-1-3-5-10/h1-5,11-12H,6-9H2,(H,15,16)(H,17,18). The number of hydrogen-bond donors (Lipinski definition) is 2. The molecule has 2 atom stereocenters. The molecule has 108 valence electrons. The first-order valence-electron chi connectivity index (χ1n) is 6.43. The first kappa shape index (κ1) is 14.5. The van der Waals surface area contributed by atoms with Crippen LogP contribution < -0.4 is 5.32 Å². The lowest BCUT2D eigenvalue weighted by molar-refractivity contribution is -0.147. The molecule has 6 nitrogen and oxygen atoms in total. The largest absolute Gasteiger partial charge is 0.481 e. The van der Waals surface area contributed by atoms with Crippen LogP contribution in [0, 0.1) is 0 Å². The molecular formula is C14H17NO5. The van der Waals surface area contributed by atoms with E-state index in [0.29, 0.717) is 18.8 Å². The lowest BCUT2D eigenvalue weighted by atomic mass is 9.99. The predicted molar refractivity (Wildman–Crippen MR) is 70.4 cm³/mol. The predicted octanol–water partition coefficient (Wildman–Crippen LogP) is 0.386. The highest BCUT2D eigenvalue weighted by molar-refractivity contribution is 5.82. The second kappa shape index (κ2) is 7.02. The molecule has 20 heavy (non-hydrogen) atoms. The molecule has 6 heteroatoms. The fourth-order valence-corrected chi connectivity index (χ4v) is 1.99. The fourth-order valence-electron chi connectivity index (χ4n) is 1.99. The van der Waals surface area contributed by atoms with Crippen molar-refractivity contribution in [2.24, 2.45) is 0 Å². The van der Waals surface area contributed by atoms with Gasteiger partial charge in [-0.25, -0.2) is 0 Å². The van der Waals surface area contributed by atoms with Crippen LogP contribution in [0.25, 0.3) is 0 Å². The molecule has 1 amide bonds. The highest BCUT2D eigenvalue weighted by Gasteiger charge is 2.25. The Balaban J connectivity index is 1.92. The molecule has 0 saturated carbocycles. The molecule has 1 heterocycles. The number of nitrogens with one attached hydrogen (secondary N) is 1. The molecule has 2 rings (SSSR count). The van der Waals surface area contributed by atoms with E-state index >= 15 is 0 Å². The summed E-state index contributed by atoms with van der Waals surface area (Å²) in [4.78, 5) is 23.1. The number of rotatable bonds is 5. The zero-order chi connectivity index (χ0) is 14.4. The molecule has 0 aromatic heterocycles. The SMILES string of the molecule is O=C(NCC(C(=O)O)c1ccccc1)C1COCCO1. The monoisotopic (exact) mass is 279 g/mol. The lowest BCUT2D eigenvalue weighted by Gasteiger charge is -2.23. The third-order valence-corrected chi connectivity index (χ3v) is 3.09. The molecule has 1 aliphatic rings. The Kier molecular flexibility index (Phi) is 5.09. The van der Waals surface area contributed by atoms with E-state index in [4.69, 9.17) is 9.47 Å². The first-order chi connectivity index (χ1) is 9.68. The Hall–Kier alpha value is -1.92. The highest BCUT2D eigenvalue weighted by atomic mass is 16.6. The summed E-state index contributed by atoms with van der Waals surface area (Å²) in [5, 5.41) is 11.9. The van der Waals surface area contributed by atoms with Crippen molar-refractivity contribution in [1.82, 2.24) is 5.32 Å². The molecule has 0 bridgehead atoms. The highest BCUT2D eigenvalue weighted by Crippen LogP contribution is 2.15. The zero-order valence-corrected chi connectivity index (χ0v) is 11.0. The number of carbonyl (C=O) groups excluding carboxylic acids is 1. The van der Waals surface area contributed by atoms with Gasteiger partial charge in [-0.2, -0.15) is 0 Å². The fraction of sp³-hybridized carbons (Fsp3) is 0.429. The summed E-state index contributed by atoms with van der Waals surface area (Å²) in [5.41, 5.74) is 0.654. The molecule has 2 unspecified atom stereocenters. The van der Waals surface area contributed by atoms with Crippen LogP contribution in [0.15, 0.2) is 30.3 Å². The van der Waals surface area contributed by atoms with Crippen molar-refractivity contribution in [3.63, 3.8) is 0 Å². The molecule has 1 aromatic carbocycles. The minimum absolute atomic E-state index is 0.0258. The van der Waals surface area contributed by atoms with Gasteiger partial charge in [0.1, 0.15) is 0 Å². The zero-order valence-electron chi connectivity index (χ0n) is 11.0. The maximum Gasteiger partial charge on any atom is 0.312 e. The molecule has 2 N–H and O–H groups in total. The van der Waals surface area contributed by atoms with Gasteiger partial charge in [-0.15, -0.1) is 0 Å². The van der Waals surface area contributed by atoms with Crippen molar-refractivity contribution >= 4 is 11.9 Å². The summed E-state index contributed by atoms with van der Waals surface area (Å²) >= 11 is 0. The van der Waals surface area contributed by atoms with Crippen LogP contribution in [0.5, 0.6) is 0 Å². The second-order valence-electron chi connectivity index (χ2n) is 4.48. The molecule has 1 aromatic rings. The molecule has 1 fully saturated rings. The van der Waals surface area contributed by atoms with E-state index in [-0.39, 0.29) is 19.1 Å². The molecular weight excluding hydrogens is 262 g/mol. The summed E-state index contributed by atoms with van der Waals surface area (Å²) in [6, 6.07) is 8.81. The first-order valence-corrected chi connectivity index (χ1v) is 6.43. The van der Waals surface area contributed by atoms with Crippen LogP contribution in [-0.2, 0) is 19.1 Å². The Morgan fingerprint density at radius 1 is 1.30 bits per heavy atom. The van der Waals surface area contributed by atoms with Crippen LogP contribution in [-0.4, -0.2) is 49.5 Å². The number of benzene rings is 1. The maximum absolute atomic E-state index is 11.8. The molecule has 0 radical (unpaired) electrons. The third-order valence-electron chi connectivity index (χ3n) is 3.09. The lowest BCUT2D eigenvalue weighted by Crippen LogP contribution is -2.44. The summed E-state index contributed by atoms with van der Waals surface area (Å²) in [6.45, 7) is 1.08. The van der Waals surface area contributed by atoms with Crippen LogP contribution in [0.2, 0.25) is 0 Å². The van der Waals surface area contributed by atoms with Gasteiger partial charge in [-0.1, -0.05) is 30.3 Å². The summed E-state index contributed by atoms with van der Waals surface area (Å²) in [7, 11) is 0. The quantitative estimate of drug-likeness (QED) is 0.814. The summed E-state index contributed by atoms with van der Waals surface area (Å²) in [5.74, 6) is -2.09. The number of amides is 1. The number of carbonyl (C=O) groups is 2. The molecule has 0 spiro atoms. The van der Waals surface area contributed by atoms with E-state index in [9.17, 15) is 14.7 Å². The normalized spacial score (nSPS) is 20.1. The van der Waals surface area contributed by atoms with Gasteiger partial charge in [0.2, 0.25) is 0 Å². The number of carboxylic acid groups (broad SMARTS) is 1. The Bertz CT molecular complexity index is 456. The topological polar surface area (TPSA) is 84.9 Å². The average molecular weight is 279 g/mol. The van der Waals surface area contributed by atoms with Gasteiger partial charge in [-0.3, -0.25) is 9.59 Å².